The van der Waals surface area contributed by atoms with E-state index in [-0.39, 0.29) is 5.84 Å². The second-order valence-electron chi connectivity index (χ2n) is 5.48. The van der Waals surface area contributed by atoms with E-state index in [0.29, 0.717) is 17.8 Å². The van der Waals surface area contributed by atoms with Crippen LogP contribution in [-0.4, -0.2) is 34.8 Å². The highest BCUT2D eigenvalue weighted by molar-refractivity contribution is 5.95. The quantitative estimate of drug-likeness (QED) is 0.321. The molecule has 3 rings (SSSR count). The first kappa shape index (κ1) is 13.3. The van der Waals surface area contributed by atoms with Crippen molar-refractivity contribution in [2.75, 3.05) is 6.61 Å². The number of nitrogens with one attached hydrogen (secondary N) is 1. The lowest BCUT2D eigenvalue weighted by atomic mass is 10.1. The summed E-state index contributed by atoms with van der Waals surface area (Å²) in [6, 6.07) is 4.20. The fraction of sp³-hybridized carbons (Fsp3) is 0.571. The normalized spacial score (nSPS) is 26.9. The lowest BCUT2D eigenvalue weighted by Gasteiger charge is -2.19. The SMILES string of the molecule is N/C(=N/O)c1cc(CNC2CCOC2C2CC2)ccn1. The highest BCUT2D eigenvalue weighted by Crippen LogP contribution is 2.38. The van der Waals surface area contributed by atoms with E-state index in [4.69, 9.17) is 15.7 Å². The molecule has 1 aliphatic carbocycles. The summed E-state index contributed by atoms with van der Waals surface area (Å²) >= 11 is 0. The van der Waals surface area contributed by atoms with Gasteiger partial charge in [-0.2, -0.15) is 0 Å². The summed E-state index contributed by atoms with van der Waals surface area (Å²) in [5.41, 5.74) is 7.11. The first-order chi connectivity index (χ1) is 9.78. The summed E-state index contributed by atoms with van der Waals surface area (Å²) in [6.07, 6.45) is 5.71. The number of nitrogens with two attached hydrogens (primary N) is 1. The van der Waals surface area contributed by atoms with E-state index in [1.54, 1.807) is 6.20 Å². The van der Waals surface area contributed by atoms with E-state index in [1.807, 2.05) is 12.1 Å². The largest absolute Gasteiger partial charge is 0.409 e. The number of amidine groups is 1. The number of ether oxygens (including phenoxy) is 1. The van der Waals surface area contributed by atoms with E-state index >= 15 is 0 Å². The molecule has 0 spiro atoms. The zero-order valence-corrected chi connectivity index (χ0v) is 11.3. The molecule has 0 radical (unpaired) electrons. The molecule has 20 heavy (non-hydrogen) atoms. The maximum Gasteiger partial charge on any atom is 0.188 e. The zero-order valence-electron chi connectivity index (χ0n) is 11.3. The topological polar surface area (TPSA) is 92.8 Å². The van der Waals surface area contributed by atoms with Gasteiger partial charge < -0.3 is 21.0 Å². The summed E-state index contributed by atoms with van der Waals surface area (Å²) in [6.45, 7) is 1.59. The van der Waals surface area contributed by atoms with Gasteiger partial charge in [0.1, 0.15) is 5.69 Å². The van der Waals surface area contributed by atoms with Crippen LogP contribution in [0.5, 0.6) is 0 Å². The fourth-order valence-electron chi connectivity index (χ4n) is 2.74. The summed E-state index contributed by atoms with van der Waals surface area (Å²) in [5, 5.41) is 15.2. The number of hydrogen-bond acceptors (Lipinski definition) is 5. The first-order valence-corrected chi connectivity index (χ1v) is 7.06. The minimum Gasteiger partial charge on any atom is -0.409 e. The van der Waals surface area contributed by atoms with Gasteiger partial charge in [0.05, 0.1) is 6.10 Å². The minimum absolute atomic E-state index is 0.0342. The first-order valence-electron chi connectivity index (χ1n) is 7.06. The molecule has 6 nitrogen and oxygen atoms in total. The van der Waals surface area contributed by atoms with Crippen molar-refractivity contribution in [3.8, 4) is 0 Å². The van der Waals surface area contributed by atoms with Crippen LogP contribution in [0, 0.1) is 5.92 Å². The van der Waals surface area contributed by atoms with E-state index in [1.165, 1.54) is 12.8 Å². The number of hydrogen-bond donors (Lipinski definition) is 3. The fourth-order valence-corrected chi connectivity index (χ4v) is 2.74. The van der Waals surface area contributed by atoms with E-state index < -0.39 is 0 Å². The van der Waals surface area contributed by atoms with E-state index in [0.717, 1.165) is 31.1 Å². The molecule has 4 N–H and O–H groups in total. The van der Waals surface area contributed by atoms with Crippen molar-refractivity contribution in [2.45, 2.75) is 38.0 Å². The second kappa shape index (κ2) is 5.76. The molecule has 2 heterocycles. The second-order valence-corrected chi connectivity index (χ2v) is 5.48. The lowest BCUT2D eigenvalue weighted by molar-refractivity contribution is 0.0809. The Labute approximate surface area is 118 Å². The van der Waals surface area contributed by atoms with Gasteiger partial charge in [0.15, 0.2) is 5.84 Å². The van der Waals surface area contributed by atoms with Crippen LogP contribution in [0.2, 0.25) is 0 Å². The summed E-state index contributed by atoms with van der Waals surface area (Å²) < 4.78 is 5.81. The van der Waals surface area contributed by atoms with Gasteiger partial charge in [-0.25, -0.2) is 0 Å². The molecule has 1 saturated carbocycles. The van der Waals surface area contributed by atoms with Crippen molar-refractivity contribution < 1.29 is 9.94 Å². The third kappa shape index (κ3) is 2.91. The third-order valence-electron chi connectivity index (χ3n) is 3.99. The Kier molecular flexibility index (Phi) is 3.84. The van der Waals surface area contributed by atoms with Crippen LogP contribution in [0.25, 0.3) is 0 Å². The van der Waals surface area contributed by atoms with Crippen molar-refractivity contribution in [2.24, 2.45) is 16.8 Å². The molecule has 0 amide bonds. The van der Waals surface area contributed by atoms with Gasteiger partial charge in [0.2, 0.25) is 0 Å². The molecule has 6 heteroatoms. The molecule has 1 aromatic heterocycles. The average molecular weight is 276 g/mol. The molecule has 2 aliphatic rings. The maximum atomic E-state index is 8.68. The van der Waals surface area contributed by atoms with E-state index in [9.17, 15) is 0 Å². The van der Waals surface area contributed by atoms with Crippen molar-refractivity contribution in [3.63, 3.8) is 0 Å². The summed E-state index contributed by atoms with van der Waals surface area (Å²) in [4.78, 5) is 4.07. The van der Waals surface area contributed by atoms with Crippen molar-refractivity contribution in [1.29, 1.82) is 0 Å². The molecule has 1 saturated heterocycles. The van der Waals surface area contributed by atoms with Gasteiger partial charge in [-0.3, -0.25) is 4.98 Å². The van der Waals surface area contributed by atoms with Crippen LogP contribution in [0.1, 0.15) is 30.5 Å². The highest BCUT2D eigenvalue weighted by Gasteiger charge is 2.40. The number of rotatable bonds is 5. The van der Waals surface area contributed by atoms with Crippen LogP contribution in [-0.2, 0) is 11.3 Å². The number of nitrogens with zero attached hydrogens (tertiary/aromatic N) is 2. The number of pyridine rings is 1. The predicted octanol–water partition coefficient (Wildman–Crippen LogP) is 0.833. The minimum atomic E-state index is 0.0342. The van der Waals surface area contributed by atoms with Crippen LogP contribution in [0.3, 0.4) is 0 Å². The molecule has 2 fully saturated rings. The summed E-state index contributed by atoms with van der Waals surface area (Å²) in [7, 11) is 0. The van der Waals surface area contributed by atoms with Crippen molar-refractivity contribution in [3.05, 3.63) is 29.6 Å². The molecule has 108 valence electrons. The molecule has 0 bridgehead atoms. The maximum absolute atomic E-state index is 8.68. The smallest absolute Gasteiger partial charge is 0.188 e. The Hall–Kier alpha value is -1.66. The van der Waals surface area contributed by atoms with Crippen molar-refractivity contribution >= 4 is 5.84 Å². The van der Waals surface area contributed by atoms with Crippen LogP contribution >= 0.6 is 0 Å². The zero-order chi connectivity index (χ0) is 13.9. The van der Waals surface area contributed by atoms with Crippen LogP contribution in [0.15, 0.2) is 23.5 Å². The molecule has 1 aliphatic heterocycles. The van der Waals surface area contributed by atoms with Gasteiger partial charge in [0, 0.05) is 25.4 Å². The Balaban J connectivity index is 1.60. The average Bonchev–Trinajstić information content (AvgIpc) is 3.23. The van der Waals surface area contributed by atoms with Gasteiger partial charge in [0.25, 0.3) is 0 Å². The molecule has 0 aromatic carbocycles. The molecule has 2 unspecified atom stereocenters. The van der Waals surface area contributed by atoms with Crippen molar-refractivity contribution in [1.82, 2.24) is 10.3 Å². The monoisotopic (exact) mass is 276 g/mol. The van der Waals surface area contributed by atoms with Crippen LogP contribution < -0.4 is 11.1 Å². The van der Waals surface area contributed by atoms with Crippen LogP contribution in [0.4, 0.5) is 0 Å². The molecule has 2 atom stereocenters. The Bertz CT molecular complexity index is 502. The van der Waals surface area contributed by atoms with Gasteiger partial charge in [-0.05, 0) is 42.9 Å². The Morgan fingerprint density at radius 1 is 1.50 bits per heavy atom. The number of aromatic nitrogens is 1. The molecular weight excluding hydrogens is 256 g/mol. The standard InChI is InChI=1S/C14H20N4O2/c15-14(18-19)12-7-9(3-5-16-12)8-17-11-4-6-20-13(11)10-1-2-10/h3,5,7,10-11,13,17,19H,1-2,4,6,8H2,(H2,15,18). The third-order valence-corrected chi connectivity index (χ3v) is 3.99. The Morgan fingerprint density at radius 3 is 3.10 bits per heavy atom. The van der Waals surface area contributed by atoms with E-state index in [2.05, 4.69) is 15.5 Å². The number of oxime groups is 1. The predicted molar refractivity (Wildman–Crippen MR) is 74.5 cm³/mol. The van der Waals surface area contributed by atoms with Gasteiger partial charge in [-0.15, -0.1) is 0 Å². The highest BCUT2D eigenvalue weighted by atomic mass is 16.5. The molecule has 1 aromatic rings. The summed E-state index contributed by atoms with van der Waals surface area (Å²) in [5.74, 6) is 0.784. The Morgan fingerprint density at radius 2 is 2.35 bits per heavy atom. The molecular formula is C14H20N4O2. The lowest BCUT2D eigenvalue weighted by Crippen LogP contribution is -2.37. The van der Waals surface area contributed by atoms with Gasteiger partial charge >= 0.3 is 0 Å². The van der Waals surface area contributed by atoms with Gasteiger partial charge in [-0.1, -0.05) is 5.16 Å².